The average Bonchev–Trinajstić information content (AvgIpc) is 2.62. The number of rotatable bonds is 2. The summed E-state index contributed by atoms with van der Waals surface area (Å²) in [6, 6.07) is 1.53. The van der Waals surface area contributed by atoms with Crippen molar-refractivity contribution in [1.29, 1.82) is 0 Å². The van der Waals surface area contributed by atoms with Gasteiger partial charge in [-0.05, 0) is 50.9 Å². The molecule has 0 aliphatic heterocycles. The lowest BCUT2D eigenvalue weighted by Gasteiger charge is -2.28. The van der Waals surface area contributed by atoms with Crippen LogP contribution in [0.25, 0.3) is 0 Å². The van der Waals surface area contributed by atoms with Gasteiger partial charge in [0.15, 0.2) is 0 Å². The molecular weight excluding hydrogens is 310 g/mol. The van der Waals surface area contributed by atoms with Gasteiger partial charge in [-0.3, -0.25) is 0 Å². The van der Waals surface area contributed by atoms with Gasteiger partial charge in [0, 0.05) is 17.3 Å². The van der Waals surface area contributed by atoms with Gasteiger partial charge in [0.05, 0.1) is 0 Å². The summed E-state index contributed by atoms with van der Waals surface area (Å²) in [6.45, 7) is 2.47. The summed E-state index contributed by atoms with van der Waals surface area (Å²) in [5.74, 6) is 0.932. The molecule has 24 heavy (non-hydrogen) atoms. The van der Waals surface area contributed by atoms with E-state index in [9.17, 15) is 0 Å². The molecule has 1 N–H and O–H groups in total. The highest BCUT2D eigenvalue weighted by Gasteiger charge is 2.18. The Bertz CT molecular complexity index is 306. The first kappa shape index (κ1) is 20.6. The molecule has 0 aromatic rings. The van der Waals surface area contributed by atoms with Gasteiger partial charge in [0.25, 0.3) is 0 Å². The minimum atomic E-state index is 0.636. The Morgan fingerprint density at radius 3 is 1.71 bits per heavy atom. The van der Waals surface area contributed by atoms with E-state index in [1.54, 1.807) is 0 Å². The van der Waals surface area contributed by atoms with Gasteiger partial charge in [0.2, 0.25) is 0 Å². The molecule has 2 aliphatic carbocycles. The molecule has 2 fully saturated rings. The van der Waals surface area contributed by atoms with Gasteiger partial charge in [0.1, 0.15) is 0 Å². The van der Waals surface area contributed by atoms with Crippen LogP contribution in [0.3, 0.4) is 0 Å². The normalized spacial score (nSPS) is 35.8. The molecule has 4 atom stereocenters. The highest BCUT2D eigenvalue weighted by molar-refractivity contribution is 7.80. The zero-order chi connectivity index (χ0) is 17.0. The van der Waals surface area contributed by atoms with Crippen LogP contribution in [0, 0.1) is 5.92 Å². The summed E-state index contributed by atoms with van der Waals surface area (Å²) in [6.07, 6.45) is 24.0. The maximum absolute atomic E-state index is 4.84. The summed E-state index contributed by atoms with van der Waals surface area (Å²) in [7, 11) is 0. The quantitative estimate of drug-likeness (QED) is 0.514. The maximum Gasteiger partial charge on any atom is 0.00700 e. The SMILES string of the molecule is CC1CCCCCCC(NC2CCCCCCCC(S)CC2)CC1. The molecule has 0 heterocycles. The van der Waals surface area contributed by atoms with Crippen molar-refractivity contribution in [2.75, 3.05) is 0 Å². The van der Waals surface area contributed by atoms with Crippen LogP contribution in [-0.2, 0) is 0 Å². The second kappa shape index (κ2) is 12.6. The lowest BCUT2D eigenvalue weighted by Crippen LogP contribution is -2.39. The predicted octanol–water partition coefficient (Wildman–Crippen LogP) is 6.91. The van der Waals surface area contributed by atoms with E-state index in [2.05, 4.69) is 12.2 Å². The van der Waals surface area contributed by atoms with Gasteiger partial charge in [-0.25, -0.2) is 0 Å². The van der Waals surface area contributed by atoms with E-state index in [1.807, 2.05) is 0 Å². The monoisotopic (exact) mass is 353 g/mol. The fraction of sp³-hybridized carbons (Fsp3) is 1.00. The maximum atomic E-state index is 4.84. The van der Waals surface area contributed by atoms with E-state index < -0.39 is 0 Å². The standard InChI is InChI=1S/C22H43NS/c1-19-11-7-5-6-9-12-20(16-15-19)23-21-13-8-3-2-4-10-14-22(24)18-17-21/h19-24H,2-18H2,1H3. The molecule has 2 saturated carbocycles. The Morgan fingerprint density at radius 1 is 0.542 bits per heavy atom. The van der Waals surface area contributed by atoms with Crippen molar-refractivity contribution in [3.8, 4) is 0 Å². The molecule has 1 nitrogen and oxygen atoms in total. The minimum Gasteiger partial charge on any atom is -0.311 e. The number of nitrogens with one attached hydrogen (secondary N) is 1. The third kappa shape index (κ3) is 9.13. The van der Waals surface area contributed by atoms with Crippen LogP contribution in [-0.4, -0.2) is 17.3 Å². The number of hydrogen-bond donors (Lipinski definition) is 2. The summed E-state index contributed by atoms with van der Waals surface area (Å²) < 4.78 is 0. The Hall–Kier alpha value is 0.310. The molecule has 142 valence electrons. The molecule has 2 heteroatoms. The Morgan fingerprint density at radius 2 is 1.04 bits per heavy atom. The van der Waals surface area contributed by atoms with Crippen LogP contribution in [0.1, 0.15) is 116 Å². The molecule has 0 aromatic heterocycles. The lowest BCUT2D eigenvalue weighted by molar-refractivity contribution is 0.309. The molecule has 4 unspecified atom stereocenters. The molecule has 0 amide bonds. The van der Waals surface area contributed by atoms with Gasteiger partial charge in [-0.15, -0.1) is 0 Å². The van der Waals surface area contributed by atoms with Crippen LogP contribution in [0.5, 0.6) is 0 Å². The van der Waals surface area contributed by atoms with Crippen molar-refractivity contribution in [2.45, 2.75) is 133 Å². The van der Waals surface area contributed by atoms with E-state index >= 15 is 0 Å². The largest absolute Gasteiger partial charge is 0.311 e. The Balaban J connectivity index is 1.82. The second-order valence-corrected chi connectivity index (χ2v) is 9.54. The van der Waals surface area contributed by atoms with Crippen molar-refractivity contribution in [3.63, 3.8) is 0 Å². The highest BCUT2D eigenvalue weighted by atomic mass is 32.1. The van der Waals surface area contributed by atoms with E-state index in [-0.39, 0.29) is 0 Å². The molecule has 2 aliphatic rings. The molecule has 0 bridgehead atoms. The lowest BCUT2D eigenvalue weighted by atomic mass is 9.90. The molecule has 2 rings (SSSR count). The summed E-state index contributed by atoms with van der Waals surface area (Å²) in [4.78, 5) is 0. The highest BCUT2D eigenvalue weighted by Crippen LogP contribution is 2.24. The van der Waals surface area contributed by atoms with Gasteiger partial charge in [-0.1, -0.05) is 71.1 Å². The summed E-state index contributed by atoms with van der Waals surface area (Å²) >= 11 is 4.84. The fourth-order valence-corrected chi connectivity index (χ4v) is 4.99. The van der Waals surface area contributed by atoms with Crippen molar-refractivity contribution < 1.29 is 0 Å². The predicted molar refractivity (Wildman–Crippen MR) is 111 cm³/mol. The summed E-state index contributed by atoms with van der Waals surface area (Å²) in [5, 5.41) is 4.75. The minimum absolute atomic E-state index is 0.636. The van der Waals surface area contributed by atoms with Crippen molar-refractivity contribution in [2.24, 2.45) is 5.92 Å². The third-order valence-corrected chi connectivity index (χ3v) is 6.93. The molecular formula is C22H43NS. The van der Waals surface area contributed by atoms with Crippen LogP contribution < -0.4 is 5.32 Å². The van der Waals surface area contributed by atoms with E-state index in [0.29, 0.717) is 5.25 Å². The first-order valence-electron chi connectivity index (χ1n) is 11.2. The first-order valence-corrected chi connectivity index (χ1v) is 11.7. The van der Waals surface area contributed by atoms with Crippen molar-refractivity contribution >= 4 is 12.6 Å². The fourth-order valence-electron chi connectivity index (χ4n) is 4.66. The van der Waals surface area contributed by atoms with Gasteiger partial charge < -0.3 is 5.32 Å². The van der Waals surface area contributed by atoms with Gasteiger partial charge in [-0.2, -0.15) is 12.6 Å². The van der Waals surface area contributed by atoms with E-state index in [1.165, 1.54) is 109 Å². The van der Waals surface area contributed by atoms with Crippen LogP contribution in [0.2, 0.25) is 0 Å². The van der Waals surface area contributed by atoms with Crippen LogP contribution in [0.4, 0.5) is 0 Å². The number of hydrogen-bond acceptors (Lipinski definition) is 2. The van der Waals surface area contributed by atoms with Crippen molar-refractivity contribution in [3.05, 3.63) is 0 Å². The zero-order valence-corrected chi connectivity index (χ0v) is 17.2. The summed E-state index contributed by atoms with van der Waals surface area (Å²) in [5.41, 5.74) is 0. The molecule has 0 saturated heterocycles. The van der Waals surface area contributed by atoms with Gasteiger partial charge >= 0.3 is 0 Å². The smallest absolute Gasteiger partial charge is 0.00700 e. The average molecular weight is 354 g/mol. The number of thiol groups is 1. The second-order valence-electron chi connectivity index (χ2n) is 8.81. The molecule has 0 aromatic carbocycles. The van der Waals surface area contributed by atoms with E-state index in [4.69, 9.17) is 12.6 Å². The molecule has 0 spiro atoms. The topological polar surface area (TPSA) is 12.0 Å². The Labute approximate surface area is 157 Å². The van der Waals surface area contributed by atoms with Crippen LogP contribution >= 0.6 is 12.6 Å². The molecule has 0 radical (unpaired) electrons. The van der Waals surface area contributed by atoms with Crippen LogP contribution in [0.15, 0.2) is 0 Å². The Kier molecular flexibility index (Phi) is 10.9. The third-order valence-electron chi connectivity index (χ3n) is 6.42. The van der Waals surface area contributed by atoms with Crippen molar-refractivity contribution in [1.82, 2.24) is 5.32 Å². The van der Waals surface area contributed by atoms with E-state index in [0.717, 1.165) is 18.0 Å². The first-order chi connectivity index (χ1) is 11.7. The zero-order valence-electron chi connectivity index (χ0n) is 16.3.